The van der Waals surface area contributed by atoms with E-state index in [2.05, 4.69) is 6.92 Å². The van der Waals surface area contributed by atoms with Crippen LogP contribution in [0.3, 0.4) is 0 Å². The summed E-state index contributed by atoms with van der Waals surface area (Å²) in [6.45, 7) is 5.24. The maximum absolute atomic E-state index is 11.3. The summed E-state index contributed by atoms with van der Waals surface area (Å²) >= 11 is 0. The molecule has 3 nitrogen and oxygen atoms in total. The van der Waals surface area contributed by atoms with Crippen molar-refractivity contribution in [1.82, 2.24) is 0 Å². The van der Waals surface area contributed by atoms with Gasteiger partial charge < -0.3 is 9.53 Å². The number of ether oxygens (including phenoxy) is 1. The lowest BCUT2D eigenvalue weighted by Gasteiger charge is -2.14. The number of hydrogen-bond acceptors (Lipinski definition) is 3. The second-order valence-corrected chi connectivity index (χ2v) is 5.14. The molecule has 0 aromatic rings. The van der Waals surface area contributed by atoms with Crippen LogP contribution in [0.1, 0.15) is 65.7 Å². The molecule has 0 amide bonds. The molecule has 3 heteroatoms. The number of esters is 1. The molecule has 1 aliphatic rings. The number of carbonyl (C=O) groups excluding carboxylic acids is 2. The van der Waals surface area contributed by atoms with Crippen molar-refractivity contribution in [1.29, 1.82) is 0 Å². The van der Waals surface area contributed by atoms with Crippen LogP contribution in [0.4, 0.5) is 0 Å². The predicted octanol–water partition coefficient (Wildman–Crippen LogP) is 3.77. The average Bonchev–Trinajstić information content (AvgIpc) is 2.61. The van der Waals surface area contributed by atoms with Gasteiger partial charge in [0.15, 0.2) is 0 Å². The summed E-state index contributed by atoms with van der Waals surface area (Å²) in [7, 11) is 0. The number of hydrogen-bond donors (Lipinski definition) is 0. The van der Waals surface area contributed by atoms with Gasteiger partial charge in [-0.3, -0.25) is 4.79 Å². The minimum Gasteiger partial charge on any atom is -0.431 e. The van der Waals surface area contributed by atoms with Gasteiger partial charge in [0, 0.05) is 19.8 Å². The molecule has 0 heterocycles. The zero-order chi connectivity index (χ0) is 13.5. The first kappa shape index (κ1) is 14.9. The summed E-state index contributed by atoms with van der Waals surface area (Å²) in [6.07, 6.45) is 6.78. The highest BCUT2D eigenvalue weighted by Gasteiger charge is 2.27. The SMILES string of the molecule is CCCCCC1=C(OC(C)=O)CCC1CC(C)=O. The average molecular weight is 252 g/mol. The van der Waals surface area contributed by atoms with Crippen molar-refractivity contribution in [3.05, 3.63) is 11.3 Å². The number of allylic oxidation sites excluding steroid dienone is 2. The largest absolute Gasteiger partial charge is 0.431 e. The van der Waals surface area contributed by atoms with Crippen LogP contribution in [-0.4, -0.2) is 11.8 Å². The first-order chi connectivity index (χ1) is 8.54. The molecule has 102 valence electrons. The first-order valence-corrected chi connectivity index (χ1v) is 6.94. The molecule has 0 N–H and O–H groups in total. The van der Waals surface area contributed by atoms with Gasteiger partial charge in [-0.15, -0.1) is 0 Å². The Morgan fingerprint density at radius 1 is 1.28 bits per heavy atom. The van der Waals surface area contributed by atoms with E-state index in [0.717, 1.165) is 31.4 Å². The molecule has 1 aliphatic carbocycles. The summed E-state index contributed by atoms with van der Waals surface area (Å²) in [5.74, 6) is 1.11. The Balaban J connectivity index is 2.71. The standard InChI is InChI=1S/C15H24O3/c1-4-5-6-7-14-13(10-11(2)16)8-9-15(14)18-12(3)17/h13H,4-10H2,1-3H3. The third-order valence-corrected chi connectivity index (χ3v) is 3.42. The Hall–Kier alpha value is -1.12. The quantitative estimate of drug-likeness (QED) is 0.511. The summed E-state index contributed by atoms with van der Waals surface area (Å²) in [5, 5.41) is 0. The molecule has 0 spiro atoms. The van der Waals surface area contributed by atoms with Crippen molar-refractivity contribution in [3.8, 4) is 0 Å². The molecule has 18 heavy (non-hydrogen) atoms. The lowest BCUT2D eigenvalue weighted by Crippen LogP contribution is -2.07. The summed E-state index contributed by atoms with van der Waals surface area (Å²) in [6, 6.07) is 0. The van der Waals surface area contributed by atoms with Gasteiger partial charge in [-0.2, -0.15) is 0 Å². The normalized spacial score (nSPS) is 19.2. The lowest BCUT2D eigenvalue weighted by molar-refractivity contribution is -0.137. The molecule has 1 unspecified atom stereocenters. The van der Waals surface area contributed by atoms with Crippen molar-refractivity contribution in [2.75, 3.05) is 0 Å². The molecule has 0 saturated heterocycles. The van der Waals surface area contributed by atoms with E-state index in [1.54, 1.807) is 6.92 Å². The van der Waals surface area contributed by atoms with Crippen LogP contribution in [0.15, 0.2) is 11.3 Å². The van der Waals surface area contributed by atoms with E-state index in [1.807, 2.05) is 0 Å². The van der Waals surface area contributed by atoms with Gasteiger partial charge in [0.1, 0.15) is 11.5 Å². The molecule has 0 aliphatic heterocycles. The Kier molecular flexibility index (Phi) is 6.10. The van der Waals surface area contributed by atoms with Gasteiger partial charge in [-0.05, 0) is 37.7 Å². The van der Waals surface area contributed by atoms with Crippen molar-refractivity contribution in [2.45, 2.75) is 65.7 Å². The third kappa shape index (κ3) is 4.63. The molecule has 0 aromatic carbocycles. The molecular formula is C15H24O3. The Bertz CT molecular complexity index is 342. The van der Waals surface area contributed by atoms with Crippen LogP contribution in [-0.2, 0) is 14.3 Å². The van der Waals surface area contributed by atoms with Crippen molar-refractivity contribution in [2.24, 2.45) is 5.92 Å². The van der Waals surface area contributed by atoms with Crippen LogP contribution < -0.4 is 0 Å². The highest BCUT2D eigenvalue weighted by molar-refractivity contribution is 5.76. The number of rotatable bonds is 7. The third-order valence-electron chi connectivity index (χ3n) is 3.42. The molecule has 1 rings (SSSR count). The fraction of sp³-hybridized carbons (Fsp3) is 0.733. The van der Waals surface area contributed by atoms with E-state index < -0.39 is 0 Å². The van der Waals surface area contributed by atoms with Crippen LogP contribution in [0.2, 0.25) is 0 Å². The monoisotopic (exact) mass is 252 g/mol. The van der Waals surface area contributed by atoms with E-state index >= 15 is 0 Å². The van der Waals surface area contributed by atoms with E-state index in [9.17, 15) is 9.59 Å². The Labute approximate surface area is 110 Å². The Morgan fingerprint density at radius 2 is 2.00 bits per heavy atom. The van der Waals surface area contributed by atoms with Gasteiger partial charge in [0.05, 0.1) is 0 Å². The van der Waals surface area contributed by atoms with Gasteiger partial charge in [0.2, 0.25) is 0 Å². The summed E-state index contributed by atoms with van der Waals surface area (Å²) in [5.41, 5.74) is 1.22. The van der Waals surface area contributed by atoms with E-state index in [1.165, 1.54) is 25.3 Å². The molecule has 0 saturated carbocycles. The molecule has 0 radical (unpaired) electrons. The second kappa shape index (κ2) is 7.34. The number of Topliss-reactive ketones (excluding diaryl/α,β-unsaturated/α-hetero) is 1. The highest BCUT2D eigenvalue weighted by Crippen LogP contribution is 2.38. The van der Waals surface area contributed by atoms with Crippen LogP contribution >= 0.6 is 0 Å². The van der Waals surface area contributed by atoms with Gasteiger partial charge >= 0.3 is 5.97 Å². The van der Waals surface area contributed by atoms with Crippen molar-refractivity contribution in [3.63, 3.8) is 0 Å². The lowest BCUT2D eigenvalue weighted by atomic mass is 9.92. The second-order valence-electron chi connectivity index (χ2n) is 5.14. The fourth-order valence-electron chi connectivity index (χ4n) is 2.64. The minimum atomic E-state index is -0.249. The van der Waals surface area contributed by atoms with Gasteiger partial charge in [-0.1, -0.05) is 19.8 Å². The molecule has 0 aromatic heterocycles. The van der Waals surface area contributed by atoms with Crippen LogP contribution in [0.25, 0.3) is 0 Å². The summed E-state index contributed by atoms with van der Waals surface area (Å²) in [4.78, 5) is 22.4. The number of carbonyl (C=O) groups is 2. The van der Waals surface area contributed by atoms with E-state index in [0.29, 0.717) is 12.3 Å². The topological polar surface area (TPSA) is 43.4 Å². The van der Waals surface area contributed by atoms with E-state index in [-0.39, 0.29) is 11.8 Å². The maximum atomic E-state index is 11.3. The highest BCUT2D eigenvalue weighted by atomic mass is 16.5. The van der Waals surface area contributed by atoms with Gasteiger partial charge in [-0.25, -0.2) is 0 Å². The molecule has 0 fully saturated rings. The molecular weight excluding hydrogens is 228 g/mol. The number of unbranched alkanes of at least 4 members (excludes halogenated alkanes) is 2. The zero-order valence-corrected chi connectivity index (χ0v) is 11.8. The van der Waals surface area contributed by atoms with E-state index in [4.69, 9.17) is 4.74 Å². The number of ketones is 1. The fourth-order valence-corrected chi connectivity index (χ4v) is 2.64. The van der Waals surface area contributed by atoms with Crippen molar-refractivity contribution >= 4 is 11.8 Å². The Morgan fingerprint density at radius 3 is 2.56 bits per heavy atom. The van der Waals surface area contributed by atoms with Crippen molar-refractivity contribution < 1.29 is 14.3 Å². The zero-order valence-electron chi connectivity index (χ0n) is 11.8. The summed E-state index contributed by atoms with van der Waals surface area (Å²) < 4.78 is 5.30. The molecule has 0 bridgehead atoms. The smallest absolute Gasteiger partial charge is 0.307 e. The molecule has 1 atom stereocenters. The van der Waals surface area contributed by atoms with Crippen LogP contribution in [0, 0.1) is 5.92 Å². The first-order valence-electron chi connectivity index (χ1n) is 6.94. The predicted molar refractivity (Wildman–Crippen MR) is 71.0 cm³/mol. The van der Waals surface area contributed by atoms with Crippen LogP contribution in [0.5, 0.6) is 0 Å². The maximum Gasteiger partial charge on any atom is 0.307 e. The minimum absolute atomic E-state index is 0.220. The van der Waals surface area contributed by atoms with Gasteiger partial charge in [0.25, 0.3) is 0 Å².